The molecule has 62 valence electrons. The van der Waals surface area contributed by atoms with Crippen LogP contribution in [0.25, 0.3) is 11.1 Å². The van der Waals surface area contributed by atoms with Crippen molar-refractivity contribution < 1.29 is 13.9 Å². The van der Waals surface area contributed by atoms with Crippen LogP contribution in [0.3, 0.4) is 0 Å². The fourth-order valence-corrected chi connectivity index (χ4v) is 1.02. The molecule has 0 bridgehead atoms. The van der Waals surface area contributed by atoms with Crippen molar-refractivity contribution in [3.8, 4) is 0 Å². The van der Waals surface area contributed by atoms with Crippen LogP contribution < -0.4 is 0 Å². The van der Waals surface area contributed by atoms with Crippen LogP contribution >= 0.6 is 0 Å². The Balaban J connectivity index is 2.67. The molecule has 0 spiro atoms. The standard InChI is InChI=1S/C8H6FNO2/c9-5-1-2-7-6(3-5)10-8(4-11)12-7/h1-3,11H,4H2. The SMILES string of the molecule is OCc1nc2cc(F)ccc2o1. The lowest BCUT2D eigenvalue weighted by molar-refractivity contribution is 0.244. The highest BCUT2D eigenvalue weighted by atomic mass is 19.1. The Bertz CT molecular complexity index is 410. The molecule has 1 heterocycles. The van der Waals surface area contributed by atoms with Gasteiger partial charge in [-0.3, -0.25) is 0 Å². The zero-order valence-corrected chi connectivity index (χ0v) is 6.12. The summed E-state index contributed by atoms with van der Waals surface area (Å²) in [4.78, 5) is 3.84. The van der Waals surface area contributed by atoms with Gasteiger partial charge in [0.15, 0.2) is 5.58 Å². The first-order valence-electron chi connectivity index (χ1n) is 3.45. The average Bonchev–Trinajstić information content (AvgIpc) is 2.46. The number of benzene rings is 1. The second-order valence-electron chi connectivity index (χ2n) is 2.38. The molecule has 2 aromatic rings. The van der Waals surface area contributed by atoms with Crippen molar-refractivity contribution in [1.82, 2.24) is 4.98 Å². The topological polar surface area (TPSA) is 46.3 Å². The van der Waals surface area contributed by atoms with E-state index in [1.54, 1.807) is 0 Å². The highest BCUT2D eigenvalue weighted by Gasteiger charge is 2.04. The monoisotopic (exact) mass is 167 g/mol. The molecule has 0 radical (unpaired) electrons. The second-order valence-corrected chi connectivity index (χ2v) is 2.38. The number of oxazole rings is 1. The highest BCUT2D eigenvalue weighted by Crippen LogP contribution is 2.16. The number of aliphatic hydroxyl groups is 1. The molecular weight excluding hydrogens is 161 g/mol. The van der Waals surface area contributed by atoms with E-state index in [4.69, 9.17) is 9.52 Å². The molecular formula is C8H6FNO2. The van der Waals surface area contributed by atoms with E-state index < -0.39 is 0 Å². The van der Waals surface area contributed by atoms with Crippen LogP contribution in [0.5, 0.6) is 0 Å². The lowest BCUT2D eigenvalue weighted by Crippen LogP contribution is -1.79. The van der Waals surface area contributed by atoms with Gasteiger partial charge in [0.05, 0.1) is 0 Å². The van der Waals surface area contributed by atoms with Gasteiger partial charge in [0.25, 0.3) is 0 Å². The Morgan fingerprint density at radius 3 is 3.08 bits per heavy atom. The normalized spacial score (nSPS) is 10.8. The number of hydrogen-bond donors (Lipinski definition) is 1. The molecule has 4 heteroatoms. The van der Waals surface area contributed by atoms with E-state index in [1.807, 2.05) is 0 Å². The number of aromatic nitrogens is 1. The van der Waals surface area contributed by atoms with Crippen molar-refractivity contribution in [2.24, 2.45) is 0 Å². The second kappa shape index (κ2) is 2.57. The van der Waals surface area contributed by atoms with Crippen molar-refractivity contribution in [1.29, 1.82) is 0 Å². The molecule has 0 saturated carbocycles. The number of fused-ring (bicyclic) bond motifs is 1. The van der Waals surface area contributed by atoms with Gasteiger partial charge in [0, 0.05) is 6.07 Å². The molecule has 0 amide bonds. The van der Waals surface area contributed by atoms with E-state index in [1.165, 1.54) is 18.2 Å². The molecule has 12 heavy (non-hydrogen) atoms. The summed E-state index contributed by atoms with van der Waals surface area (Å²) in [5, 5.41) is 8.66. The van der Waals surface area contributed by atoms with E-state index in [-0.39, 0.29) is 18.3 Å². The molecule has 1 N–H and O–H groups in total. The zero-order valence-electron chi connectivity index (χ0n) is 6.12. The van der Waals surface area contributed by atoms with Crippen LogP contribution in [0.15, 0.2) is 22.6 Å². The predicted octanol–water partition coefficient (Wildman–Crippen LogP) is 1.46. The molecule has 0 atom stereocenters. The van der Waals surface area contributed by atoms with E-state index in [0.717, 1.165) is 0 Å². The van der Waals surface area contributed by atoms with Gasteiger partial charge in [-0.2, -0.15) is 0 Å². The first kappa shape index (κ1) is 7.24. The maximum Gasteiger partial charge on any atom is 0.221 e. The summed E-state index contributed by atoms with van der Waals surface area (Å²) >= 11 is 0. The number of halogens is 1. The van der Waals surface area contributed by atoms with E-state index in [9.17, 15) is 4.39 Å². The molecule has 0 aliphatic rings. The number of nitrogens with zero attached hydrogens (tertiary/aromatic N) is 1. The summed E-state index contributed by atoms with van der Waals surface area (Å²) in [6, 6.07) is 4.03. The Morgan fingerprint density at radius 1 is 1.50 bits per heavy atom. The minimum atomic E-state index is -0.361. The van der Waals surface area contributed by atoms with Crippen LogP contribution in [0.1, 0.15) is 5.89 Å². The van der Waals surface area contributed by atoms with Gasteiger partial charge < -0.3 is 9.52 Å². The zero-order chi connectivity index (χ0) is 8.55. The third-order valence-electron chi connectivity index (χ3n) is 1.53. The van der Waals surface area contributed by atoms with Gasteiger partial charge in [-0.05, 0) is 12.1 Å². The van der Waals surface area contributed by atoms with Gasteiger partial charge in [0.1, 0.15) is 17.9 Å². The average molecular weight is 167 g/mol. The van der Waals surface area contributed by atoms with Crippen molar-refractivity contribution in [2.75, 3.05) is 0 Å². The molecule has 2 rings (SSSR count). The molecule has 1 aromatic heterocycles. The lowest BCUT2D eigenvalue weighted by atomic mass is 10.3. The molecule has 0 saturated heterocycles. The van der Waals surface area contributed by atoms with Gasteiger partial charge in [-0.25, -0.2) is 9.37 Å². The van der Waals surface area contributed by atoms with E-state index in [0.29, 0.717) is 11.1 Å². The molecule has 0 aliphatic carbocycles. The minimum Gasteiger partial charge on any atom is -0.438 e. The van der Waals surface area contributed by atoms with Crippen LogP contribution in [0.4, 0.5) is 4.39 Å². The fraction of sp³-hybridized carbons (Fsp3) is 0.125. The summed E-state index contributed by atoms with van der Waals surface area (Å²) in [5.74, 6) is -0.157. The summed E-state index contributed by atoms with van der Waals surface area (Å²) in [6.07, 6.45) is 0. The van der Waals surface area contributed by atoms with Crippen LogP contribution in [-0.2, 0) is 6.61 Å². The van der Waals surface area contributed by atoms with Crippen LogP contribution in [-0.4, -0.2) is 10.1 Å². The largest absolute Gasteiger partial charge is 0.438 e. The van der Waals surface area contributed by atoms with Gasteiger partial charge in [-0.1, -0.05) is 0 Å². The Kier molecular flexibility index (Phi) is 1.55. The van der Waals surface area contributed by atoms with Gasteiger partial charge >= 0.3 is 0 Å². The quantitative estimate of drug-likeness (QED) is 0.699. The highest BCUT2D eigenvalue weighted by molar-refractivity contribution is 5.72. The first-order chi connectivity index (χ1) is 5.79. The lowest BCUT2D eigenvalue weighted by Gasteiger charge is -1.84. The minimum absolute atomic E-state index is 0.204. The summed E-state index contributed by atoms with van der Waals surface area (Å²) in [7, 11) is 0. The van der Waals surface area contributed by atoms with Crippen molar-refractivity contribution in [2.45, 2.75) is 6.61 Å². The molecule has 0 aliphatic heterocycles. The van der Waals surface area contributed by atoms with E-state index in [2.05, 4.69) is 4.98 Å². The number of rotatable bonds is 1. The number of hydrogen-bond acceptors (Lipinski definition) is 3. The third kappa shape index (κ3) is 1.06. The molecule has 0 fully saturated rings. The smallest absolute Gasteiger partial charge is 0.221 e. The van der Waals surface area contributed by atoms with Crippen molar-refractivity contribution in [3.63, 3.8) is 0 Å². The summed E-state index contributed by atoms with van der Waals surface area (Å²) < 4.78 is 17.7. The Hall–Kier alpha value is -1.42. The third-order valence-corrected chi connectivity index (χ3v) is 1.53. The fourth-order valence-electron chi connectivity index (χ4n) is 1.02. The maximum absolute atomic E-state index is 12.6. The number of aliphatic hydroxyl groups excluding tert-OH is 1. The van der Waals surface area contributed by atoms with Crippen LogP contribution in [0, 0.1) is 5.82 Å². The van der Waals surface area contributed by atoms with Gasteiger partial charge in [0.2, 0.25) is 5.89 Å². The van der Waals surface area contributed by atoms with E-state index >= 15 is 0 Å². The summed E-state index contributed by atoms with van der Waals surface area (Å²) in [5.41, 5.74) is 0.916. The first-order valence-corrected chi connectivity index (χ1v) is 3.45. The Morgan fingerprint density at radius 2 is 2.33 bits per heavy atom. The van der Waals surface area contributed by atoms with Crippen molar-refractivity contribution >= 4 is 11.1 Å². The molecule has 3 nitrogen and oxygen atoms in total. The maximum atomic E-state index is 12.6. The van der Waals surface area contributed by atoms with Crippen molar-refractivity contribution in [3.05, 3.63) is 29.9 Å². The molecule has 0 unspecified atom stereocenters. The predicted molar refractivity (Wildman–Crippen MR) is 39.9 cm³/mol. The molecule has 1 aromatic carbocycles. The Labute approximate surface area is 67.5 Å². The van der Waals surface area contributed by atoms with Gasteiger partial charge in [-0.15, -0.1) is 0 Å². The van der Waals surface area contributed by atoms with Crippen LogP contribution in [0.2, 0.25) is 0 Å². The summed E-state index contributed by atoms with van der Waals surface area (Å²) in [6.45, 7) is -0.268.